The molecule has 0 aromatic carbocycles. The normalized spacial score (nSPS) is 40.2. The van der Waals surface area contributed by atoms with Gasteiger partial charge in [-0.05, 0) is 91.9 Å². The van der Waals surface area contributed by atoms with Crippen LogP contribution in [-0.2, 0) is 23.8 Å². The number of rotatable bonds is 8. The highest BCUT2D eigenvalue weighted by Gasteiger charge is 2.63. The SMILES string of the molecule is CCC(=O)OC[C@@H](C)CCC1=C(C)[C@@H]2[C@H](C[C@H]3[C@H]4CC=C5C[C@@H](OC(=O)CC)CC[C@]5(C)[C@@H]4CC[C@]23C)O1. The van der Waals surface area contributed by atoms with E-state index in [9.17, 15) is 9.59 Å². The van der Waals surface area contributed by atoms with Gasteiger partial charge in [0.05, 0.1) is 12.4 Å². The summed E-state index contributed by atoms with van der Waals surface area (Å²) in [4.78, 5) is 23.4. The van der Waals surface area contributed by atoms with E-state index in [2.05, 4.69) is 33.8 Å². The highest BCUT2D eigenvalue weighted by atomic mass is 16.5. The maximum atomic E-state index is 11.9. The molecule has 0 bridgehead atoms. The van der Waals surface area contributed by atoms with Crippen LogP contribution < -0.4 is 0 Å². The lowest BCUT2D eigenvalue weighted by Gasteiger charge is -2.58. The second-order valence-corrected chi connectivity index (χ2v) is 13.7. The zero-order valence-corrected chi connectivity index (χ0v) is 24.6. The van der Waals surface area contributed by atoms with Crippen LogP contribution in [0.1, 0.15) is 112 Å². The molecule has 5 heteroatoms. The van der Waals surface area contributed by atoms with Crippen molar-refractivity contribution in [3.05, 3.63) is 23.0 Å². The summed E-state index contributed by atoms with van der Waals surface area (Å²) in [6.07, 6.45) is 13.8. The molecule has 0 aromatic heterocycles. The Balaban J connectivity index is 1.26. The zero-order valence-electron chi connectivity index (χ0n) is 24.6. The molecule has 5 aliphatic rings. The summed E-state index contributed by atoms with van der Waals surface area (Å²) >= 11 is 0. The van der Waals surface area contributed by atoms with Crippen molar-refractivity contribution in [3.63, 3.8) is 0 Å². The summed E-state index contributed by atoms with van der Waals surface area (Å²) in [6, 6.07) is 0. The van der Waals surface area contributed by atoms with Gasteiger partial charge < -0.3 is 14.2 Å². The molecule has 1 aliphatic heterocycles. The topological polar surface area (TPSA) is 61.8 Å². The molecule has 0 spiro atoms. The third kappa shape index (κ3) is 4.74. The van der Waals surface area contributed by atoms with Crippen LogP contribution in [0.15, 0.2) is 23.0 Å². The van der Waals surface area contributed by atoms with E-state index in [-0.39, 0.29) is 23.5 Å². The predicted molar refractivity (Wildman–Crippen MR) is 148 cm³/mol. The first-order valence-electron chi connectivity index (χ1n) is 15.5. The predicted octanol–water partition coefficient (Wildman–Crippen LogP) is 7.54. The minimum absolute atomic E-state index is 0.0593. The summed E-state index contributed by atoms with van der Waals surface area (Å²) in [7, 11) is 0. The molecule has 212 valence electrons. The van der Waals surface area contributed by atoms with Gasteiger partial charge in [-0.25, -0.2) is 0 Å². The standard InChI is InChI=1S/C33H50O5/c1-7-29(34)36-19-20(3)9-12-27-21(4)31-28(38-27)18-26-24-11-10-22-17-23(37-30(35)8-2)13-15-32(22,5)25(24)14-16-33(26,31)6/h10,20,23-26,28,31H,7-9,11-19H2,1-6H3/t20-,23-,24-,25+,26-,28-,31+,32-,33-/m0/s1. The van der Waals surface area contributed by atoms with Gasteiger partial charge in [-0.2, -0.15) is 0 Å². The fourth-order valence-electron chi connectivity index (χ4n) is 9.38. The fourth-order valence-corrected chi connectivity index (χ4v) is 9.38. The third-order valence-corrected chi connectivity index (χ3v) is 11.5. The van der Waals surface area contributed by atoms with Gasteiger partial charge in [0.2, 0.25) is 0 Å². The average molecular weight is 527 g/mol. The molecule has 4 aliphatic carbocycles. The molecule has 9 atom stereocenters. The highest BCUT2D eigenvalue weighted by Crippen LogP contribution is 2.69. The number of hydrogen-bond donors (Lipinski definition) is 0. The number of allylic oxidation sites excluding steroid dienone is 2. The maximum absolute atomic E-state index is 11.9. The Hall–Kier alpha value is -1.78. The van der Waals surface area contributed by atoms with Gasteiger partial charge in [0.15, 0.2) is 0 Å². The van der Waals surface area contributed by atoms with Crippen molar-refractivity contribution in [3.8, 4) is 0 Å². The molecular weight excluding hydrogens is 476 g/mol. The molecule has 1 heterocycles. The minimum atomic E-state index is -0.111. The Morgan fingerprint density at radius 1 is 1.11 bits per heavy atom. The van der Waals surface area contributed by atoms with E-state index in [0.29, 0.717) is 48.7 Å². The Morgan fingerprint density at radius 2 is 1.87 bits per heavy atom. The summed E-state index contributed by atoms with van der Waals surface area (Å²) in [5.41, 5.74) is 3.63. The number of fused-ring (bicyclic) bond motifs is 7. The quantitative estimate of drug-likeness (QED) is 0.241. The average Bonchev–Trinajstić information content (AvgIpc) is 3.38. The molecule has 5 nitrogen and oxygen atoms in total. The molecule has 0 aromatic rings. The van der Waals surface area contributed by atoms with Crippen molar-refractivity contribution >= 4 is 11.9 Å². The third-order valence-electron chi connectivity index (χ3n) is 11.5. The van der Waals surface area contributed by atoms with Gasteiger partial charge >= 0.3 is 11.9 Å². The van der Waals surface area contributed by atoms with E-state index < -0.39 is 0 Å². The number of hydrogen-bond acceptors (Lipinski definition) is 5. The Kier molecular flexibility index (Phi) is 7.79. The first-order valence-corrected chi connectivity index (χ1v) is 15.5. The largest absolute Gasteiger partial charge is 0.494 e. The second-order valence-electron chi connectivity index (χ2n) is 13.7. The van der Waals surface area contributed by atoms with Crippen LogP contribution in [0.2, 0.25) is 0 Å². The molecule has 38 heavy (non-hydrogen) atoms. The molecule has 0 saturated heterocycles. The summed E-state index contributed by atoms with van der Waals surface area (Å²) in [5, 5.41) is 0. The summed E-state index contributed by atoms with van der Waals surface area (Å²) < 4.78 is 17.9. The van der Waals surface area contributed by atoms with Crippen molar-refractivity contribution in [1.29, 1.82) is 0 Å². The first kappa shape index (κ1) is 27.8. The monoisotopic (exact) mass is 526 g/mol. The van der Waals surface area contributed by atoms with E-state index in [0.717, 1.165) is 43.9 Å². The van der Waals surface area contributed by atoms with Crippen LogP contribution in [0.5, 0.6) is 0 Å². The van der Waals surface area contributed by atoms with Crippen LogP contribution in [-0.4, -0.2) is 30.8 Å². The molecule has 0 N–H and O–H groups in total. The van der Waals surface area contributed by atoms with Crippen LogP contribution in [0.25, 0.3) is 0 Å². The van der Waals surface area contributed by atoms with Crippen LogP contribution in [0.3, 0.4) is 0 Å². The Labute approximate surface area is 230 Å². The van der Waals surface area contributed by atoms with E-state index in [4.69, 9.17) is 14.2 Å². The summed E-state index contributed by atoms with van der Waals surface area (Å²) in [6.45, 7) is 13.8. The molecule has 0 unspecified atom stereocenters. The van der Waals surface area contributed by atoms with Crippen molar-refractivity contribution in [2.45, 2.75) is 124 Å². The number of carbonyl (C=O) groups is 2. The Bertz CT molecular complexity index is 995. The fraction of sp³-hybridized carbons (Fsp3) is 0.818. The second kappa shape index (κ2) is 10.7. The van der Waals surface area contributed by atoms with E-state index >= 15 is 0 Å². The van der Waals surface area contributed by atoms with E-state index in [1.165, 1.54) is 37.0 Å². The molecule has 3 saturated carbocycles. The van der Waals surface area contributed by atoms with Crippen molar-refractivity contribution in [2.75, 3.05) is 6.61 Å². The van der Waals surface area contributed by atoms with Crippen molar-refractivity contribution in [1.82, 2.24) is 0 Å². The van der Waals surface area contributed by atoms with Crippen LogP contribution >= 0.6 is 0 Å². The molecule has 0 amide bonds. The summed E-state index contributed by atoms with van der Waals surface area (Å²) in [5.74, 6) is 4.11. The van der Waals surface area contributed by atoms with Gasteiger partial charge in [0.25, 0.3) is 0 Å². The van der Waals surface area contributed by atoms with Gasteiger partial charge in [-0.15, -0.1) is 0 Å². The van der Waals surface area contributed by atoms with Crippen LogP contribution in [0.4, 0.5) is 0 Å². The molecule has 0 radical (unpaired) electrons. The molecular formula is C33H50O5. The lowest BCUT2D eigenvalue weighted by Crippen LogP contribution is -2.50. The Morgan fingerprint density at radius 3 is 2.61 bits per heavy atom. The van der Waals surface area contributed by atoms with Gasteiger partial charge in [0.1, 0.15) is 12.2 Å². The molecule has 3 fully saturated rings. The lowest BCUT2D eigenvalue weighted by atomic mass is 9.47. The maximum Gasteiger partial charge on any atom is 0.305 e. The molecule has 5 rings (SSSR count). The van der Waals surface area contributed by atoms with E-state index in [1.54, 1.807) is 5.57 Å². The van der Waals surface area contributed by atoms with E-state index in [1.807, 2.05) is 13.8 Å². The van der Waals surface area contributed by atoms with Gasteiger partial charge in [0, 0.05) is 31.6 Å². The van der Waals surface area contributed by atoms with Gasteiger partial charge in [-0.1, -0.05) is 46.3 Å². The number of esters is 2. The zero-order chi connectivity index (χ0) is 27.2. The first-order chi connectivity index (χ1) is 18.1. The van der Waals surface area contributed by atoms with Crippen molar-refractivity contribution < 1.29 is 23.8 Å². The lowest BCUT2D eigenvalue weighted by molar-refractivity contribution is -0.151. The minimum Gasteiger partial charge on any atom is -0.494 e. The van der Waals surface area contributed by atoms with Crippen LogP contribution in [0, 0.1) is 40.4 Å². The van der Waals surface area contributed by atoms with Crippen molar-refractivity contribution in [2.24, 2.45) is 40.4 Å². The van der Waals surface area contributed by atoms with Gasteiger partial charge in [-0.3, -0.25) is 9.59 Å². The number of carbonyl (C=O) groups excluding carboxylic acids is 2. The highest BCUT2D eigenvalue weighted by molar-refractivity contribution is 5.69. The smallest absolute Gasteiger partial charge is 0.305 e. The number of ether oxygens (including phenoxy) is 3.